The first-order valence-electron chi connectivity index (χ1n) is 18.6. The predicted octanol–water partition coefficient (Wildman–Crippen LogP) is 14.8. The Labute approximate surface area is 283 Å². The molecule has 41 heavy (non-hydrogen) atoms. The fraction of sp³-hybridized carbons (Fsp3) is 1.00. The van der Waals surface area contributed by atoms with Crippen LogP contribution in [-0.4, -0.2) is 13.1 Å². The van der Waals surface area contributed by atoms with Gasteiger partial charge in [0.25, 0.3) is 0 Å². The van der Waals surface area contributed by atoms with E-state index in [1.165, 1.54) is 225 Å². The molecule has 2 nitrogen and oxygen atoms in total. The largest absolute Gasteiger partial charge is 0.344 e. The Hall–Kier alpha value is 0.880. The first-order chi connectivity index (χ1) is 18.9. The maximum Gasteiger partial charge on any atom is -0.00489 e. The first-order valence-corrected chi connectivity index (χ1v) is 18.6. The molecule has 4 N–H and O–H groups in total. The molecule has 0 radical (unpaired) electrons. The molecule has 0 unspecified atom stereocenters. The third kappa shape index (κ3) is 48.0. The molecule has 0 bridgehead atoms. The van der Waals surface area contributed by atoms with Crippen molar-refractivity contribution >= 4 is 34.0 Å². The molecule has 0 spiro atoms. The van der Waals surface area contributed by atoms with Gasteiger partial charge in [-0.3, -0.25) is 0 Å². The van der Waals surface area contributed by atoms with Gasteiger partial charge in [-0.2, -0.15) is 0 Å². The Bertz CT molecular complexity index is 354. The smallest absolute Gasteiger partial charge is 0.00489 e. The molecule has 0 aromatic carbocycles. The van der Waals surface area contributed by atoms with Crippen molar-refractivity contribution in [1.82, 2.24) is 11.5 Å². The van der Waals surface area contributed by atoms with E-state index < -0.39 is 0 Å². The van der Waals surface area contributed by atoms with Crippen LogP contribution in [0.5, 0.6) is 0 Å². The lowest BCUT2D eigenvalue weighted by atomic mass is 10.0. The van der Waals surface area contributed by atoms with Crippen LogP contribution in [0.1, 0.15) is 226 Å². The molecule has 1 aliphatic rings. The van der Waals surface area contributed by atoms with Crippen LogP contribution >= 0.6 is 34.0 Å². The van der Waals surface area contributed by atoms with E-state index in [9.17, 15) is 0 Å². The zero-order chi connectivity index (χ0) is 27.5. The Balaban J connectivity index is -0.000000766. The summed E-state index contributed by atoms with van der Waals surface area (Å²) in [5.41, 5.74) is 0. The Morgan fingerprint density at radius 1 is 0.293 bits per heavy atom. The summed E-state index contributed by atoms with van der Waals surface area (Å²) < 4.78 is 0. The minimum Gasteiger partial charge on any atom is -0.344 e. The van der Waals surface area contributed by atoms with Crippen molar-refractivity contribution in [3.63, 3.8) is 0 Å². The summed E-state index contributed by atoms with van der Waals surface area (Å²) in [5.74, 6) is 0. The maximum atomic E-state index is 3.67. The number of halogens is 2. The van der Waals surface area contributed by atoms with E-state index in [1.54, 1.807) is 0 Å². The first kappa shape index (κ1) is 48.8. The van der Waals surface area contributed by atoms with Gasteiger partial charge in [-0.1, -0.05) is 213 Å². The molecule has 1 aliphatic carbocycles. The van der Waals surface area contributed by atoms with Crippen LogP contribution < -0.4 is 11.5 Å². The average molecular weight is 715 g/mol. The molecule has 1 saturated carbocycles. The van der Waals surface area contributed by atoms with Gasteiger partial charge in [0.05, 0.1) is 0 Å². The number of rotatable bonds is 30. The van der Waals surface area contributed by atoms with Gasteiger partial charge in [-0.05, 0) is 25.9 Å². The third-order valence-electron chi connectivity index (χ3n) is 8.66. The highest BCUT2D eigenvalue weighted by atomic mass is 79.9. The number of hydrogen-bond donors (Lipinski definition) is 2. The third-order valence-corrected chi connectivity index (χ3v) is 8.66. The second kappa shape index (κ2) is 47.8. The van der Waals surface area contributed by atoms with Gasteiger partial charge in [0.2, 0.25) is 0 Å². The SMILES string of the molecule is Br.Br.C1CCCC1.CCCCCCCCCCCCCCCCNCCCCCCCCCCCCCCCC.N. The summed E-state index contributed by atoms with van der Waals surface area (Å²) in [7, 11) is 0. The van der Waals surface area contributed by atoms with E-state index in [0.717, 1.165) is 0 Å². The predicted molar refractivity (Wildman–Crippen MR) is 202 cm³/mol. The van der Waals surface area contributed by atoms with Crippen molar-refractivity contribution in [1.29, 1.82) is 0 Å². The van der Waals surface area contributed by atoms with Gasteiger partial charge in [0, 0.05) is 0 Å². The molecular weight excluding hydrogens is 632 g/mol. The van der Waals surface area contributed by atoms with Crippen LogP contribution in [0.4, 0.5) is 0 Å². The van der Waals surface area contributed by atoms with Crippen molar-refractivity contribution in [3.8, 4) is 0 Å². The lowest BCUT2D eigenvalue weighted by Gasteiger charge is -2.06. The molecule has 0 aromatic rings. The highest BCUT2D eigenvalue weighted by Crippen LogP contribution is 2.15. The molecule has 0 saturated heterocycles. The summed E-state index contributed by atoms with van der Waals surface area (Å²) in [4.78, 5) is 0. The van der Waals surface area contributed by atoms with Gasteiger partial charge in [-0.15, -0.1) is 34.0 Å². The fourth-order valence-corrected chi connectivity index (χ4v) is 5.90. The molecule has 0 atom stereocenters. The van der Waals surface area contributed by atoms with E-state index in [2.05, 4.69) is 19.2 Å². The second-order valence-corrected chi connectivity index (χ2v) is 12.7. The van der Waals surface area contributed by atoms with Crippen molar-refractivity contribution in [2.45, 2.75) is 226 Å². The molecule has 254 valence electrons. The van der Waals surface area contributed by atoms with E-state index in [1.807, 2.05) is 0 Å². The van der Waals surface area contributed by atoms with Crippen LogP contribution in [0.15, 0.2) is 0 Å². The Kier molecular flexibility index (Phi) is 56.9. The second-order valence-electron chi connectivity index (χ2n) is 12.7. The number of unbranched alkanes of at least 4 members (excludes halogenated alkanes) is 26. The van der Waals surface area contributed by atoms with Crippen LogP contribution in [0, 0.1) is 0 Å². The standard InChI is InChI=1S/C32H67N.C5H10.2BrH.H3N/c1-3-5-7-9-11-13-15-17-19-21-23-25-27-29-31-33-32-30-28-26-24-22-20-18-16-14-12-10-8-6-4-2;1-2-4-5-3-1;;;/h33H,3-32H2,1-2H3;1-5H2;2*1H;1H3. The maximum absolute atomic E-state index is 3.67. The summed E-state index contributed by atoms with van der Waals surface area (Å²) in [5, 5.41) is 3.67. The zero-order valence-electron chi connectivity index (χ0n) is 28.8. The topological polar surface area (TPSA) is 47.0 Å². The van der Waals surface area contributed by atoms with Crippen molar-refractivity contribution in [3.05, 3.63) is 0 Å². The van der Waals surface area contributed by atoms with E-state index in [-0.39, 0.29) is 40.1 Å². The molecule has 1 fully saturated rings. The molecular formula is C37H82Br2N2. The van der Waals surface area contributed by atoms with Gasteiger partial charge in [-0.25, -0.2) is 0 Å². The van der Waals surface area contributed by atoms with Crippen LogP contribution in [-0.2, 0) is 0 Å². The van der Waals surface area contributed by atoms with Gasteiger partial charge in [0.1, 0.15) is 0 Å². The monoisotopic (exact) mass is 712 g/mol. The van der Waals surface area contributed by atoms with Crippen LogP contribution in [0.25, 0.3) is 0 Å². The summed E-state index contributed by atoms with van der Waals surface area (Å²) in [6.07, 6.45) is 48.2. The lowest BCUT2D eigenvalue weighted by Crippen LogP contribution is -2.16. The average Bonchev–Trinajstić information content (AvgIpc) is 3.53. The van der Waals surface area contributed by atoms with Gasteiger partial charge >= 0.3 is 0 Å². The molecule has 0 aliphatic heterocycles. The number of nitrogens with one attached hydrogen (secondary N) is 1. The Morgan fingerprint density at radius 2 is 0.463 bits per heavy atom. The molecule has 1 rings (SSSR count). The van der Waals surface area contributed by atoms with E-state index >= 15 is 0 Å². The molecule has 0 amide bonds. The van der Waals surface area contributed by atoms with Crippen molar-refractivity contribution in [2.24, 2.45) is 0 Å². The van der Waals surface area contributed by atoms with Crippen molar-refractivity contribution in [2.75, 3.05) is 13.1 Å². The molecule has 4 heteroatoms. The quantitative estimate of drug-likeness (QED) is 0.0728. The molecule has 0 aromatic heterocycles. The molecule has 0 heterocycles. The zero-order valence-corrected chi connectivity index (χ0v) is 32.2. The van der Waals surface area contributed by atoms with Crippen LogP contribution in [0.2, 0.25) is 0 Å². The minimum absolute atomic E-state index is 0. The summed E-state index contributed by atoms with van der Waals surface area (Å²) >= 11 is 0. The number of hydrogen-bond acceptors (Lipinski definition) is 2. The summed E-state index contributed by atoms with van der Waals surface area (Å²) in [6.45, 7) is 7.10. The van der Waals surface area contributed by atoms with Gasteiger partial charge < -0.3 is 11.5 Å². The van der Waals surface area contributed by atoms with E-state index in [0.29, 0.717) is 0 Å². The minimum atomic E-state index is 0. The van der Waals surface area contributed by atoms with Crippen molar-refractivity contribution < 1.29 is 0 Å². The van der Waals surface area contributed by atoms with Crippen LogP contribution in [0.3, 0.4) is 0 Å². The fourth-order valence-electron chi connectivity index (χ4n) is 5.90. The lowest BCUT2D eigenvalue weighted by molar-refractivity contribution is 0.518. The normalized spacial score (nSPS) is 12.1. The highest BCUT2D eigenvalue weighted by molar-refractivity contribution is 8.93. The van der Waals surface area contributed by atoms with E-state index in [4.69, 9.17) is 0 Å². The summed E-state index contributed by atoms with van der Waals surface area (Å²) in [6, 6.07) is 0. The Morgan fingerprint density at radius 3 is 0.659 bits per heavy atom. The van der Waals surface area contributed by atoms with Gasteiger partial charge in [0.15, 0.2) is 0 Å². The highest BCUT2D eigenvalue weighted by Gasteiger charge is 1.97.